The molecule has 0 unspecified atom stereocenters. The van der Waals surface area contributed by atoms with E-state index in [4.69, 9.17) is 4.74 Å². The maximum absolute atomic E-state index is 13.4. The van der Waals surface area contributed by atoms with E-state index in [1.54, 1.807) is 12.1 Å². The van der Waals surface area contributed by atoms with E-state index in [1.165, 1.54) is 11.6 Å². The van der Waals surface area contributed by atoms with Gasteiger partial charge in [-0.3, -0.25) is 0 Å². The van der Waals surface area contributed by atoms with Crippen molar-refractivity contribution in [1.82, 2.24) is 0 Å². The monoisotopic (exact) mass is 285 g/mol. The minimum atomic E-state index is -0.219. The van der Waals surface area contributed by atoms with Crippen LogP contribution >= 0.6 is 0 Å². The van der Waals surface area contributed by atoms with E-state index in [-0.39, 0.29) is 17.3 Å². The zero-order chi connectivity index (χ0) is 15.0. The first kappa shape index (κ1) is 13.9. The minimum absolute atomic E-state index is 0.0246. The molecule has 3 heteroatoms. The summed E-state index contributed by atoms with van der Waals surface area (Å²) in [5, 5.41) is 3.46. The van der Waals surface area contributed by atoms with Gasteiger partial charge >= 0.3 is 0 Å². The Bertz CT molecular complexity index is 661. The normalized spacial score (nSPS) is 17.6. The maximum atomic E-state index is 13.4. The van der Waals surface area contributed by atoms with Crippen molar-refractivity contribution < 1.29 is 9.13 Å². The summed E-state index contributed by atoms with van der Waals surface area (Å²) < 4.78 is 19.2. The van der Waals surface area contributed by atoms with Crippen LogP contribution in [0, 0.1) is 5.82 Å². The van der Waals surface area contributed by atoms with E-state index in [2.05, 4.69) is 38.2 Å². The Kier molecular flexibility index (Phi) is 3.36. The SMILES string of the molecule is CC(C)(C)c1ccc2c(c1)N[C@H](c1cccc(F)c1)CO2. The molecule has 0 aromatic heterocycles. The van der Waals surface area contributed by atoms with Gasteiger partial charge in [0.05, 0.1) is 11.7 Å². The molecule has 1 aliphatic rings. The molecule has 110 valence electrons. The minimum Gasteiger partial charge on any atom is -0.489 e. The van der Waals surface area contributed by atoms with Crippen LogP contribution in [0.1, 0.15) is 37.9 Å². The Labute approximate surface area is 125 Å². The highest BCUT2D eigenvalue weighted by molar-refractivity contribution is 5.61. The second kappa shape index (κ2) is 5.06. The molecule has 3 rings (SSSR count). The average Bonchev–Trinajstić information content (AvgIpc) is 2.45. The van der Waals surface area contributed by atoms with Gasteiger partial charge in [0.25, 0.3) is 0 Å². The first-order chi connectivity index (χ1) is 9.93. The summed E-state index contributed by atoms with van der Waals surface area (Å²) >= 11 is 0. The number of nitrogens with one attached hydrogen (secondary N) is 1. The van der Waals surface area contributed by atoms with Gasteiger partial charge < -0.3 is 10.1 Å². The molecule has 0 spiro atoms. The van der Waals surface area contributed by atoms with Gasteiger partial charge in [-0.1, -0.05) is 39.0 Å². The largest absolute Gasteiger partial charge is 0.489 e. The molecule has 0 saturated carbocycles. The van der Waals surface area contributed by atoms with Crippen LogP contribution in [0.4, 0.5) is 10.1 Å². The van der Waals surface area contributed by atoms with Gasteiger partial charge in [-0.05, 0) is 40.8 Å². The molecule has 1 aliphatic heterocycles. The maximum Gasteiger partial charge on any atom is 0.142 e. The zero-order valence-electron chi connectivity index (χ0n) is 12.6. The van der Waals surface area contributed by atoms with Gasteiger partial charge in [0, 0.05) is 0 Å². The Morgan fingerprint density at radius 1 is 1.14 bits per heavy atom. The van der Waals surface area contributed by atoms with Crippen molar-refractivity contribution in [3.05, 3.63) is 59.4 Å². The van der Waals surface area contributed by atoms with Crippen molar-refractivity contribution in [2.24, 2.45) is 0 Å². The van der Waals surface area contributed by atoms with E-state index in [9.17, 15) is 4.39 Å². The molecule has 0 fully saturated rings. The Balaban J connectivity index is 1.90. The predicted octanol–water partition coefficient (Wildman–Crippen LogP) is 4.67. The predicted molar refractivity (Wildman–Crippen MR) is 83.4 cm³/mol. The van der Waals surface area contributed by atoms with Crippen molar-refractivity contribution in [2.45, 2.75) is 32.2 Å². The van der Waals surface area contributed by atoms with Crippen LogP contribution in [-0.2, 0) is 5.41 Å². The third-order valence-electron chi connectivity index (χ3n) is 3.83. The topological polar surface area (TPSA) is 21.3 Å². The fourth-order valence-corrected chi connectivity index (χ4v) is 2.54. The van der Waals surface area contributed by atoms with E-state index in [0.29, 0.717) is 6.61 Å². The fraction of sp³-hybridized carbons (Fsp3) is 0.333. The molecule has 2 aromatic carbocycles. The lowest BCUT2D eigenvalue weighted by Gasteiger charge is -2.30. The number of ether oxygens (including phenoxy) is 1. The Hall–Kier alpha value is -2.03. The lowest BCUT2D eigenvalue weighted by molar-refractivity contribution is 0.286. The Morgan fingerprint density at radius 2 is 1.95 bits per heavy atom. The number of fused-ring (bicyclic) bond motifs is 1. The van der Waals surface area contributed by atoms with Crippen LogP contribution in [0.3, 0.4) is 0 Å². The van der Waals surface area contributed by atoms with Crippen molar-refractivity contribution in [1.29, 1.82) is 0 Å². The van der Waals surface area contributed by atoms with Crippen molar-refractivity contribution in [3.63, 3.8) is 0 Å². The van der Waals surface area contributed by atoms with Crippen LogP contribution < -0.4 is 10.1 Å². The van der Waals surface area contributed by atoms with Gasteiger partial charge in [0.15, 0.2) is 0 Å². The molecule has 0 saturated heterocycles. The van der Waals surface area contributed by atoms with Crippen LogP contribution in [-0.4, -0.2) is 6.61 Å². The van der Waals surface area contributed by atoms with E-state index in [0.717, 1.165) is 17.0 Å². The quantitative estimate of drug-likeness (QED) is 0.822. The summed E-state index contributed by atoms with van der Waals surface area (Å²) in [6, 6.07) is 12.9. The lowest BCUT2D eigenvalue weighted by Crippen LogP contribution is -2.24. The number of benzene rings is 2. The Morgan fingerprint density at radius 3 is 2.67 bits per heavy atom. The second-order valence-corrected chi connectivity index (χ2v) is 6.52. The highest BCUT2D eigenvalue weighted by Crippen LogP contribution is 2.37. The molecule has 0 bridgehead atoms. The number of halogens is 1. The van der Waals surface area contributed by atoms with E-state index in [1.807, 2.05) is 12.1 Å². The molecular formula is C18H20FNO. The van der Waals surface area contributed by atoms with Gasteiger partial charge in [0.2, 0.25) is 0 Å². The molecule has 1 heterocycles. The number of hydrogen-bond acceptors (Lipinski definition) is 2. The molecule has 2 aromatic rings. The van der Waals surface area contributed by atoms with Crippen LogP contribution in [0.25, 0.3) is 0 Å². The third kappa shape index (κ3) is 2.87. The van der Waals surface area contributed by atoms with Crippen LogP contribution in [0.5, 0.6) is 5.75 Å². The van der Waals surface area contributed by atoms with Crippen LogP contribution in [0.15, 0.2) is 42.5 Å². The van der Waals surface area contributed by atoms with Crippen molar-refractivity contribution in [3.8, 4) is 5.75 Å². The van der Waals surface area contributed by atoms with Crippen LogP contribution in [0.2, 0.25) is 0 Å². The van der Waals surface area contributed by atoms with Gasteiger partial charge in [0.1, 0.15) is 18.2 Å². The molecule has 2 nitrogen and oxygen atoms in total. The standard InChI is InChI=1S/C18H20FNO/c1-18(2,3)13-7-8-17-15(10-13)20-16(11-21-17)12-5-4-6-14(19)9-12/h4-10,16,20H,11H2,1-3H3/t16-/m0/s1. The summed E-state index contributed by atoms with van der Waals surface area (Å²) in [7, 11) is 0. The highest BCUT2D eigenvalue weighted by Gasteiger charge is 2.23. The van der Waals surface area contributed by atoms with Crippen molar-refractivity contribution >= 4 is 5.69 Å². The summed E-state index contributed by atoms with van der Waals surface area (Å²) in [5.74, 6) is 0.638. The number of anilines is 1. The highest BCUT2D eigenvalue weighted by atomic mass is 19.1. The molecule has 0 aliphatic carbocycles. The third-order valence-corrected chi connectivity index (χ3v) is 3.83. The first-order valence-electron chi connectivity index (χ1n) is 7.23. The van der Waals surface area contributed by atoms with Crippen molar-refractivity contribution in [2.75, 3.05) is 11.9 Å². The molecule has 1 atom stereocenters. The molecule has 1 N–H and O–H groups in total. The summed E-state index contributed by atoms with van der Waals surface area (Å²) in [6.07, 6.45) is 0. The molecule has 0 amide bonds. The summed E-state index contributed by atoms with van der Waals surface area (Å²) in [5.41, 5.74) is 3.21. The first-order valence-corrected chi connectivity index (χ1v) is 7.23. The molecule has 0 radical (unpaired) electrons. The fourth-order valence-electron chi connectivity index (χ4n) is 2.54. The number of hydrogen-bond donors (Lipinski definition) is 1. The summed E-state index contributed by atoms with van der Waals surface area (Å²) in [4.78, 5) is 0. The second-order valence-electron chi connectivity index (χ2n) is 6.52. The van der Waals surface area contributed by atoms with Gasteiger partial charge in [-0.25, -0.2) is 4.39 Å². The smallest absolute Gasteiger partial charge is 0.142 e. The molecular weight excluding hydrogens is 265 g/mol. The summed E-state index contributed by atoms with van der Waals surface area (Å²) in [6.45, 7) is 7.05. The van der Waals surface area contributed by atoms with Gasteiger partial charge in [-0.15, -0.1) is 0 Å². The van der Waals surface area contributed by atoms with E-state index >= 15 is 0 Å². The van der Waals surface area contributed by atoms with Gasteiger partial charge in [-0.2, -0.15) is 0 Å². The lowest BCUT2D eigenvalue weighted by atomic mass is 9.86. The molecule has 21 heavy (non-hydrogen) atoms. The number of rotatable bonds is 1. The zero-order valence-corrected chi connectivity index (χ0v) is 12.6. The van der Waals surface area contributed by atoms with E-state index < -0.39 is 0 Å². The average molecular weight is 285 g/mol.